The van der Waals surface area contributed by atoms with Crippen molar-refractivity contribution in [1.29, 1.82) is 0 Å². The highest BCUT2D eigenvalue weighted by atomic mass is 32.1. The minimum atomic E-state index is -1.37. The average Bonchev–Trinajstić information content (AvgIpc) is 2.74. The Labute approximate surface area is 196 Å². The standard InChI is InChI=1S/C21H30N4O7S/c1-11(2)17(20(30)24-15(10-33)21(31)32)25-19(29)14(8-12-6-4-3-5-7-12)23-18(28)13(22)9-16(26)27/h3-7,11,13-15,17,33H,8-10,22H2,1-2H3,(H,23,28)(H,24,30)(H,25,29)(H,26,27)(H,31,32). The van der Waals surface area contributed by atoms with Crippen LogP contribution in [0.1, 0.15) is 25.8 Å². The highest BCUT2D eigenvalue weighted by Crippen LogP contribution is 2.08. The van der Waals surface area contributed by atoms with Gasteiger partial charge in [-0.2, -0.15) is 12.6 Å². The molecule has 11 nitrogen and oxygen atoms in total. The number of benzene rings is 1. The average molecular weight is 483 g/mol. The van der Waals surface area contributed by atoms with Crippen molar-refractivity contribution in [2.24, 2.45) is 11.7 Å². The van der Waals surface area contributed by atoms with Crippen molar-refractivity contribution < 1.29 is 34.2 Å². The van der Waals surface area contributed by atoms with Gasteiger partial charge >= 0.3 is 11.9 Å². The van der Waals surface area contributed by atoms with Gasteiger partial charge in [-0.25, -0.2) is 4.79 Å². The number of carbonyl (C=O) groups is 5. The molecular formula is C21H30N4O7S. The lowest BCUT2D eigenvalue weighted by Crippen LogP contribution is -2.59. The van der Waals surface area contributed by atoms with Gasteiger partial charge in [-0.05, 0) is 11.5 Å². The molecule has 33 heavy (non-hydrogen) atoms. The lowest BCUT2D eigenvalue weighted by molar-refractivity contribution is -0.142. The van der Waals surface area contributed by atoms with E-state index in [1.54, 1.807) is 44.2 Å². The van der Waals surface area contributed by atoms with Gasteiger partial charge in [0.25, 0.3) is 0 Å². The van der Waals surface area contributed by atoms with Crippen molar-refractivity contribution in [2.45, 2.75) is 50.9 Å². The van der Waals surface area contributed by atoms with Crippen LogP contribution in [0.4, 0.5) is 0 Å². The van der Waals surface area contributed by atoms with Crippen LogP contribution in [0.3, 0.4) is 0 Å². The summed E-state index contributed by atoms with van der Waals surface area (Å²) in [6, 6.07) is 3.88. The Morgan fingerprint density at radius 3 is 1.97 bits per heavy atom. The third-order valence-corrected chi connectivity index (χ3v) is 5.06. The van der Waals surface area contributed by atoms with Gasteiger partial charge in [0, 0.05) is 12.2 Å². The SMILES string of the molecule is CC(C)C(NC(=O)C(Cc1ccccc1)NC(=O)C(N)CC(=O)O)C(=O)NC(CS)C(=O)O. The lowest BCUT2D eigenvalue weighted by Gasteiger charge is -2.27. The fraction of sp³-hybridized carbons (Fsp3) is 0.476. The van der Waals surface area contributed by atoms with Crippen LogP contribution < -0.4 is 21.7 Å². The molecule has 0 aliphatic carbocycles. The number of carbonyl (C=O) groups excluding carboxylic acids is 3. The van der Waals surface area contributed by atoms with Crippen LogP contribution in [-0.2, 0) is 30.4 Å². The van der Waals surface area contributed by atoms with Crippen LogP contribution in [-0.4, -0.2) is 69.8 Å². The lowest BCUT2D eigenvalue weighted by atomic mass is 10.0. The largest absolute Gasteiger partial charge is 0.481 e. The van der Waals surface area contributed by atoms with Crippen molar-refractivity contribution in [3.63, 3.8) is 0 Å². The van der Waals surface area contributed by atoms with E-state index in [-0.39, 0.29) is 12.2 Å². The Hall–Kier alpha value is -3.12. The molecule has 4 unspecified atom stereocenters. The van der Waals surface area contributed by atoms with Gasteiger partial charge in [0.2, 0.25) is 17.7 Å². The second-order valence-electron chi connectivity index (χ2n) is 7.77. The molecule has 0 aliphatic heterocycles. The Kier molecular flexibility index (Phi) is 11.4. The van der Waals surface area contributed by atoms with E-state index in [2.05, 4.69) is 28.6 Å². The molecular weight excluding hydrogens is 452 g/mol. The molecule has 0 saturated carbocycles. The summed E-state index contributed by atoms with van der Waals surface area (Å²) in [7, 11) is 0. The normalized spacial score (nSPS) is 14.5. The van der Waals surface area contributed by atoms with E-state index in [0.29, 0.717) is 5.56 Å². The number of hydrogen-bond donors (Lipinski definition) is 7. The second-order valence-corrected chi connectivity index (χ2v) is 8.13. The van der Waals surface area contributed by atoms with Crippen LogP contribution >= 0.6 is 12.6 Å². The summed E-state index contributed by atoms with van der Waals surface area (Å²) in [5.41, 5.74) is 6.31. The number of hydrogen-bond acceptors (Lipinski definition) is 7. The highest BCUT2D eigenvalue weighted by molar-refractivity contribution is 7.80. The van der Waals surface area contributed by atoms with E-state index in [0.717, 1.165) is 0 Å². The number of rotatable bonds is 13. The van der Waals surface area contributed by atoms with E-state index in [9.17, 15) is 24.0 Å². The zero-order chi connectivity index (χ0) is 25.1. The number of aliphatic carboxylic acids is 2. The number of nitrogens with two attached hydrogens (primary N) is 1. The van der Waals surface area contributed by atoms with Gasteiger partial charge in [-0.15, -0.1) is 0 Å². The topological polar surface area (TPSA) is 188 Å². The highest BCUT2D eigenvalue weighted by Gasteiger charge is 2.32. The van der Waals surface area contributed by atoms with E-state index in [1.165, 1.54) is 0 Å². The van der Waals surface area contributed by atoms with Crippen LogP contribution in [0.5, 0.6) is 0 Å². The van der Waals surface area contributed by atoms with Crippen LogP contribution in [0, 0.1) is 5.92 Å². The molecule has 0 saturated heterocycles. The summed E-state index contributed by atoms with van der Waals surface area (Å²) < 4.78 is 0. The number of nitrogens with one attached hydrogen (secondary N) is 3. The molecule has 0 aliphatic rings. The maximum Gasteiger partial charge on any atom is 0.327 e. The predicted octanol–water partition coefficient (Wildman–Crippen LogP) is -0.844. The number of carboxylic acid groups (broad SMARTS) is 2. The van der Waals surface area contributed by atoms with Crippen molar-refractivity contribution in [1.82, 2.24) is 16.0 Å². The zero-order valence-electron chi connectivity index (χ0n) is 18.4. The predicted molar refractivity (Wildman–Crippen MR) is 122 cm³/mol. The first kappa shape index (κ1) is 27.9. The van der Waals surface area contributed by atoms with Crippen molar-refractivity contribution in [2.75, 3.05) is 5.75 Å². The Bertz CT molecular complexity index is 850. The molecule has 7 N–H and O–H groups in total. The van der Waals surface area contributed by atoms with Crippen LogP contribution in [0.2, 0.25) is 0 Å². The molecule has 3 amide bonds. The molecule has 0 spiro atoms. The van der Waals surface area contributed by atoms with Crippen molar-refractivity contribution in [3.8, 4) is 0 Å². The zero-order valence-corrected chi connectivity index (χ0v) is 19.2. The van der Waals surface area contributed by atoms with Gasteiger partial charge in [-0.3, -0.25) is 19.2 Å². The third kappa shape index (κ3) is 9.49. The minimum absolute atomic E-state index is 0.0546. The molecule has 1 aromatic rings. The fourth-order valence-electron chi connectivity index (χ4n) is 2.85. The van der Waals surface area contributed by atoms with Crippen LogP contribution in [0.25, 0.3) is 0 Å². The molecule has 0 bridgehead atoms. The molecule has 0 fully saturated rings. The van der Waals surface area contributed by atoms with Crippen LogP contribution in [0.15, 0.2) is 30.3 Å². The first-order valence-electron chi connectivity index (χ1n) is 10.2. The molecule has 0 radical (unpaired) electrons. The van der Waals surface area contributed by atoms with E-state index < -0.39 is 66.2 Å². The molecule has 0 aromatic heterocycles. The summed E-state index contributed by atoms with van der Waals surface area (Å²) in [5, 5.41) is 25.3. The van der Waals surface area contributed by atoms with Gasteiger partial charge in [0.05, 0.1) is 12.5 Å². The summed E-state index contributed by atoms with van der Waals surface area (Å²) in [6.07, 6.45) is -0.568. The summed E-state index contributed by atoms with van der Waals surface area (Å²) in [4.78, 5) is 60.1. The summed E-state index contributed by atoms with van der Waals surface area (Å²) in [6.45, 7) is 3.32. The van der Waals surface area contributed by atoms with Gasteiger partial charge in [-0.1, -0.05) is 44.2 Å². The molecule has 182 valence electrons. The van der Waals surface area contributed by atoms with Gasteiger partial charge < -0.3 is 31.9 Å². The van der Waals surface area contributed by atoms with E-state index >= 15 is 0 Å². The quantitative estimate of drug-likeness (QED) is 0.177. The molecule has 1 aromatic carbocycles. The van der Waals surface area contributed by atoms with Crippen molar-refractivity contribution >= 4 is 42.3 Å². The third-order valence-electron chi connectivity index (χ3n) is 4.69. The smallest absolute Gasteiger partial charge is 0.327 e. The van der Waals surface area contributed by atoms with Gasteiger partial charge in [0.15, 0.2) is 0 Å². The van der Waals surface area contributed by atoms with E-state index in [1.807, 2.05) is 0 Å². The number of amides is 3. The Morgan fingerprint density at radius 1 is 0.909 bits per heavy atom. The minimum Gasteiger partial charge on any atom is -0.481 e. The maximum atomic E-state index is 13.0. The molecule has 4 atom stereocenters. The number of thiol groups is 1. The van der Waals surface area contributed by atoms with E-state index in [4.69, 9.17) is 15.9 Å². The first-order valence-corrected chi connectivity index (χ1v) is 10.9. The van der Waals surface area contributed by atoms with Gasteiger partial charge in [0.1, 0.15) is 18.1 Å². The monoisotopic (exact) mass is 482 g/mol. The van der Waals surface area contributed by atoms with Crippen molar-refractivity contribution in [3.05, 3.63) is 35.9 Å². The summed E-state index contributed by atoms with van der Waals surface area (Å²) in [5.74, 6) is -5.35. The molecule has 12 heteroatoms. The Morgan fingerprint density at radius 2 is 1.48 bits per heavy atom. The second kappa shape index (κ2) is 13.4. The molecule has 0 heterocycles. The maximum absolute atomic E-state index is 13.0. The molecule has 1 rings (SSSR count). The Balaban J connectivity index is 3.05. The summed E-state index contributed by atoms with van der Waals surface area (Å²) >= 11 is 3.90. The number of carboxylic acids is 2. The fourth-order valence-corrected chi connectivity index (χ4v) is 3.10. The first-order chi connectivity index (χ1) is 15.5.